The van der Waals surface area contributed by atoms with E-state index >= 15 is 0 Å². The first kappa shape index (κ1) is 11.7. The smallest absolute Gasteiger partial charge is 0.307 e. The summed E-state index contributed by atoms with van der Waals surface area (Å²) in [5.41, 5.74) is 2.47. The number of aliphatic carboxylic acids is 1. The first-order valence-corrected chi connectivity index (χ1v) is 5.47. The lowest BCUT2D eigenvalue weighted by atomic mass is 10.2. The first-order chi connectivity index (χ1) is 8.08. The highest BCUT2D eigenvalue weighted by Crippen LogP contribution is 2.20. The van der Waals surface area contributed by atoms with Crippen molar-refractivity contribution in [3.63, 3.8) is 0 Å². The van der Waals surface area contributed by atoms with Crippen LogP contribution in [-0.2, 0) is 11.2 Å². The Kier molecular flexibility index (Phi) is 3.15. The van der Waals surface area contributed by atoms with E-state index in [2.05, 4.69) is 5.10 Å². The van der Waals surface area contributed by atoms with E-state index < -0.39 is 5.97 Å². The zero-order valence-corrected chi connectivity index (χ0v) is 9.98. The maximum Gasteiger partial charge on any atom is 0.307 e. The monoisotopic (exact) mass is 250 g/mol. The molecule has 5 heteroatoms. The summed E-state index contributed by atoms with van der Waals surface area (Å²) in [6, 6.07) is 7.67. The van der Waals surface area contributed by atoms with E-state index in [1.807, 2.05) is 31.2 Å². The topological polar surface area (TPSA) is 55.1 Å². The number of rotatable bonds is 3. The van der Waals surface area contributed by atoms with Gasteiger partial charge in [0.25, 0.3) is 0 Å². The van der Waals surface area contributed by atoms with Crippen LogP contribution >= 0.6 is 11.6 Å². The van der Waals surface area contributed by atoms with Gasteiger partial charge in [0, 0.05) is 5.56 Å². The van der Waals surface area contributed by atoms with Gasteiger partial charge in [-0.15, -0.1) is 0 Å². The molecule has 0 aliphatic carbocycles. The second kappa shape index (κ2) is 4.59. The Hall–Kier alpha value is -1.81. The minimum atomic E-state index is -0.921. The molecule has 0 bridgehead atoms. The molecule has 0 spiro atoms. The van der Waals surface area contributed by atoms with Crippen LogP contribution in [0.5, 0.6) is 0 Å². The highest BCUT2D eigenvalue weighted by molar-refractivity contribution is 6.30. The number of carbonyl (C=O) groups is 1. The molecule has 0 aliphatic heterocycles. The zero-order valence-electron chi connectivity index (χ0n) is 9.22. The van der Waals surface area contributed by atoms with E-state index in [0.717, 1.165) is 11.3 Å². The summed E-state index contributed by atoms with van der Waals surface area (Å²) in [5.74, 6) is -0.921. The lowest BCUT2D eigenvalue weighted by molar-refractivity contribution is -0.136. The Morgan fingerprint density at radius 3 is 2.65 bits per heavy atom. The van der Waals surface area contributed by atoms with Gasteiger partial charge < -0.3 is 5.11 Å². The number of carboxylic acid groups (broad SMARTS) is 1. The molecule has 4 nitrogen and oxygen atoms in total. The van der Waals surface area contributed by atoms with Gasteiger partial charge in [-0.3, -0.25) is 4.79 Å². The van der Waals surface area contributed by atoms with Crippen LogP contribution in [0.25, 0.3) is 5.69 Å². The largest absolute Gasteiger partial charge is 0.481 e. The first-order valence-electron chi connectivity index (χ1n) is 5.09. The van der Waals surface area contributed by atoms with Crippen molar-refractivity contribution in [1.82, 2.24) is 9.78 Å². The Bertz CT molecular complexity index is 546. The fourth-order valence-corrected chi connectivity index (χ4v) is 1.77. The molecule has 88 valence electrons. The van der Waals surface area contributed by atoms with E-state index in [-0.39, 0.29) is 6.42 Å². The third-order valence-corrected chi connectivity index (χ3v) is 2.80. The summed E-state index contributed by atoms with van der Waals surface area (Å²) in [6.07, 6.45) is 1.36. The van der Waals surface area contributed by atoms with Gasteiger partial charge in [0.05, 0.1) is 18.3 Å². The number of aromatic nitrogens is 2. The van der Waals surface area contributed by atoms with E-state index in [0.29, 0.717) is 10.7 Å². The molecule has 1 aromatic heterocycles. The Balaban J connectivity index is 2.37. The fraction of sp³-hybridized carbons (Fsp3) is 0.167. The van der Waals surface area contributed by atoms with Crippen LogP contribution in [0.4, 0.5) is 0 Å². The summed E-state index contributed by atoms with van der Waals surface area (Å²) in [4.78, 5) is 10.6. The molecule has 0 saturated carbocycles. The number of hydrogen-bond donors (Lipinski definition) is 1. The van der Waals surface area contributed by atoms with Gasteiger partial charge in [0.1, 0.15) is 5.15 Å². The molecule has 1 heterocycles. The van der Waals surface area contributed by atoms with Gasteiger partial charge in [-0.1, -0.05) is 29.3 Å². The van der Waals surface area contributed by atoms with Crippen molar-refractivity contribution in [2.45, 2.75) is 13.3 Å². The number of aryl methyl sites for hydroxylation is 1. The highest BCUT2D eigenvalue weighted by Gasteiger charge is 2.12. The zero-order chi connectivity index (χ0) is 12.4. The van der Waals surface area contributed by atoms with Crippen molar-refractivity contribution in [3.8, 4) is 5.69 Å². The van der Waals surface area contributed by atoms with Crippen LogP contribution in [0.2, 0.25) is 5.15 Å². The molecule has 0 amide bonds. The molecular formula is C12H11ClN2O2. The van der Waals surface area contributed by atoms with E-state index in [1.54, 1.807) is 0 Å². The molecule has 17 heavy (non-hydrogen) atoms. The third-order valence-electron chi connectivity index (χ3n) is 2.40. The van der Waals surface area contributed by atoms with E-state index in [9.17, 15) is 4.79 Å². The SMILES string of the molecule is Cc1ccc(-n2ncc(CC(=O)O)c2Cl)cc1. The summed E-state index contributed by atoms with van der Waals surface area (Å²) in [5, 5.41) is 13.1. The minimum Gasteiger partial charge on any atom is -0.481 e. The summed E-state index contributed by atoms with van der Waals surface area (Å²) < 4.78 is 1.53. The predicted molar refractivity (Wildman–Crippen MR) is 64.7 cm³/mol. The molecular weight excluding hydrogens is 240 g/mol. The molecule has 1 N–H and O–H groups in total. The fourth-order valence-electron chi connectivity index (χ4n) is 1.51. The van der Waals surface area contributed by atoms with Gasteiger partial charge in [-0.2, -0.15) is 5.10 Å². The minimum absolute atomic E-state index is 0.120. The molecule has 0 aliphatic rings. The summed E-state index contributed by atoms with van der Waals surface area (Å²) >= 11 is 6.08. The molecule has 1 aromatic carbocycles. The number of hydrogen-bond acceptors (Lipinski definition) is 2. The third kappa shape index (κ3) is 2.47. The number of halogens is 1. The maximum absolute atomic E-state index is 10.6. The van der Waals surface area contributed by atoms with Crippen molar-refractivity contribution < 1.29 is 9.90 Å². The van der Waals surface area contributed by atoms with Gasteiger partial charge >= 0.3 is 5.97 Å². The van der Waals surface area contributed by atoms with Crippen LogP contribution in [0, 0.1) is 6.92 Å². The van der Waals surface area contributed by atoms with Crippen LogP contribution in [-0.4, -0.2) is 20.9 Å². The molecule has 0 radical (unpaired) electrons. The van der Waals surface area contributed by atoms with Crippen molar-refractivity contribution in [1.29, 1.82) is 0 Å². The number of benzene rings is 1. The second-order valence-corrected chi connectivity index (χ2v) is 4.14. The van der Waals surface area contributed by atoms with Crippen LogP contribution in [0.1, 0.15) is 11.1 Å². The average Bonchev–Trinajstić information content (AvgIpc) is 2.61. The molecule has 0 unspecified atom stereocenters. The lowest BCUT2D eigenvalue weighted by Gasteiger charge is -2.03. The highest BCUT2D eigenvalue weighted by atomic mass is 35.5. The standard InChI is InChI=1S/C12H11ClN2O2/c1-8-2-4-10(5-3-8)15-12(13)9(7-14-15)6-11(16)17/h2-5,7H,6H2,1H3,(H,16,17). The normalized spacial score (nSPS) is 10.5. The second-order valence-electron chi connectivity index (χ2n) is 3.78. The maximum atomic E-state index is 10.6. The van der Waals surface area contributed by atoms with Crippen molar-refractivity contribution in [3.05, 3.63) is 46.7 Å². The summed E-state index contributed by atoms with van der Waals surface area (Å²) in [7, 11) is 0. The Morgan fingerprint density at radius 2 is 2.06 bits per heavy atom. The van der Waals surface area contributed by atoms with Crippen LogP contribution < -0.4 is 0 Å². The van der Waals surface area contributed by atoms with E-state index in [1.165, 1.54) is 10.9 Å². The van der Waals surface area contributed by atoms with Crippen molar-refractivity contribution in [2.75, 3.05) is 0 Å². The van der Waals surface area contributed by atoms with Gasteiger partial charge in [0.2, 0.25) is 0 Å². The van der Waals surface area contributed by atoms with Crippen LogP contribution in [0.3, 0.4) is 0 Å². The van der Waals surface area contributed by atoms with Gasteiger partial charge in [0.15, 0.2) is 0 Å². The molecule has 0 atom stereocenters. The Morgan fingerprint density at radius 1 is 1.41 bits per heavy atom. The summed E-state index contributed by atoms with van der Waals surface area (Å²) in [6.45, 7) is 1.99. The Labute approximate surface area is 103 Å². The average molecular weight is 251 g/mol. The predicted octanol–water partition coefficient (Wildman–Crippen LogP) is 2.46. The molecule has 2 rings (SSSR count). The molecule has 2 aromatic rings. The quantitative estimate of drug-likeness (QED) is 0.910. The van der Waals surface area contributed by atoms with Gasteiger partial charge in [-0.05, 0) is 19.1 Å². The molecule has 0 fully saturated rings. The van der Waals surface area contributed by atoms with Crippen molar-refractivity contribution >= 4 is 17.6 Å². The van der Waals surface area contributed by atoms with Crippen LogP contribution in [0.15, 0.2) is 30.5 Å². The number of carboxylic acids is 1. The molecule has 0 saturated heterocycles. The van der Waals surface area contributed by atoms with Crippen molar-refractivity contribution in [2.24, 2.45) is 0 Å². The lowest BCUT2D eigenvalue weighted by Crippen LogP contribution is -2.00. The number of nitrogens with zero attached hydrogens (tertiary/aromatic N) is 2. The van der Waals surface area contributed by atoms with Gasteiger partial charge in [-0.25, -0.2) is 4.68 Å². The van der Waals surface area contributed by atoms with E-state index in [4.69, 9.17) is 16.7 Å².